The first-order chi connectivity index (χ1) is 6.24. The Balaban J connectivity index is 0. The molecule has 0 aromatic heterocycles. The minimum atomic E-state index is -0.0157. The van der Waals surface area contributed by atoms with Crippen LogP contribution in [0, 0.1) is 0 Å². The van der Waals surface area contributed by atoms with Crippen LogP contribution in [-0.4, -0.2) is 13.0 Å². The summed E-state index contributed by atoms with van der Waals surface area (Å²) in [6.07, 6.45) is 5.42. The second kappa shape index (κ2) is 10.7. The Hall–Kier alpha value is -1.31. The molecular formula is C11H19NO. The maximum absolute atomic E-state index is 10.8. The van der Waals surface area contributed by atoms with Gasteiger partial charge in [0.15, 0.2) is 0 Å². The number of hydrogen-bond donors (Lipinski definition) is 1. The van der Waals surface area contributed by atoms with Crippen molar-refractivity contribution in [3.8, 4) is 0 Å². The van der Waals surface area contributed by atoms with Crippen LogP contribution >= 0.6 is 0 Å². The Bertz CT molecular complexity index is 192. The van der Waals surface area contributed by atoms with E-state index in [0.717, 1.165) is 5.57 Å². The summed E-state index contributed by atoms with van der Waals surface area (Å²) in [7, 11) is 1.61. The Morgan fingerprint density at radius 3 is 2.23 bits per heavy atom. The zero-order chi connectivity index (χ0) is 10.7. The molecule has 0 unspecified atom stereocenters. The molecule has 0 heterocycles. The molecule has 1 N–H and O–H groups in total. The molecule has 13 heavy (non-hydrogen) atoms. The third-order valence-corrected chi connectivity index (χ3v) is 1.24. The number of carbonyl (C=O) groups excluding carboxylic acids is 1. The van der Waals surface area contributed by atoms with Gasteiger partial charge in [-0.25, -0.2) is 0 Å². The van der Waals surface area contributed by atoms with Gasteiger partial charge in [-0.2, -0.15) is 0 Å². The first-order valence-corrected chi connectivity index (χ1v) is 4.39. The van der Waals surface area contributed by atoms with Crippen molar-refractivity contribution in [1.82, 2.24) is 5.32 Å². The van der Waals surface area contributed by atoms with Crippen LogP contribution < -0.4 is 5.32 Å². The van der Waals surface area contributed by atoms with Crippen molar-refractivity contribution in [2.45, 2.75) is 20.3 Å². The molecule has 0 aromatic carbocycles. The van der Waals surface area contributed by atoms with Crippen molar-refractivity contribution >= 4 is 5.91 Å². The molecule has 74 valence electrons. The molecule has 1 amide bonds. The number of nitrogens with one attached hydrogen (secondary N) is 1. The van der Waals surface area contributed by atoms with Crippen LogP contribution in [0.2, 0.25) is 0 Å². The second-order valence-electron chi connectivity index (χ2n) is 2.03. The summed E-state index contributed by atoms with van der Waals surface area (Å²) < 4.78 is 0. The summed E-state index contributed by atoms with van der Waals surface area (Å²) in [6.45, 7) is 11.1. The van der Waals surface area contributed by atoms with Crippen molar-refractivity contribution in [3.05, 3.63) is 37.0 Å². The van der Waals surface area contributed by atoms with E-state index in [0.29, 0.717) is 6.42 Å². The highest BCUT2D eigenvalue weighted by Gasteiger charge is 1.98. The first-order valence-electron chi connectivity index (χ1n) is 4.39. The van der Waals surface area contributed by atoms with Crippen LogP contribution in [0.15, 0.2) is 37.0 Å². The Morgan fingerprint density at radius 2 is 1.92 bits per heavy atom. The predicted molar refractivity (Wildman–Crippen MR) is 58.5 cm³/mol. The Kier molecular flexibility index (Phi) is 11.7. The first kappa shape index (κ1) is 14.2. The molecule has 0 spiro atoms. The summed E-state index contributed by atoms with van der Waals surface area (Å²) in [6, 6.07) is 0. The van der Waals surface area contributed by atoms with E-state index in [-0.39, 0.29) is 5.91 Å². The lowest BCUT2D eigenvalue weighted by atomic mass is 10.1. The monoisotopic (exact) mass is 181 g/mol. The van der Waals surface area contributed by atoms with Gasteiger partial charge in [0.1, 0.15) is 0 Å². The molecule has 0 fully saturated rings. The van der Waals surface area contributed by atoms with Crippen LogP contribution in [0.25, 0.3) is 0 Å². The largest absolute Gasteiger partial charge is 0.359 e. The third kappa shape index (κ3) is 8.60. The van der Waals surface area contributed by atoms with Crippen molar-refractivity contribution in [2.75, 3.05) is 7.05 Å². The van der Waals surface area contributed by atoms with Crippen molar-refractivity contribution in [1.29, 1.82) is 0 Å². The quantitative estimate of drug-likeness (QED) is 0.663. The summed E-state index contributed by atoms with van der Waals surface area (Å²) in [4.78, 5) is 10.8. The van der Waals surface area contributed by atoms with Gasteiger partial charge in [-0.3, -0.25) is 4.79 Å². The molecule has 0 radical (unpaired) electrons. The highest BCUT2D eigenvalue weighted by Crippen LogP contribution is 2.01. The van der Waals surface area contributed by atoms with E-state index in [1.165, 1.54) is 0 Å². The number of allylic oxidation sites excluding steroid dienone is 3. The minimum Gasteiger partial charge on any atom is -0.359 e. The predicted octanol–water partition coefficient (Wildman–Crippen LogP) is 2.45. The van der Waals surface area contributed by atoms with Gasteiger partial charge in [-0.1, -0.05) is 45.2 Å². The van der Waals surface area contributed by atoms with E-state index in [1.807, 2.05) is 13.8 Å². The van der Waals surface area contributed by atoms with Crippen molar-refractivity contribution < 1.29 is 4.79 Å². The average molecular weight is 181 g/mol. The lowest BCUT2D eigenvalue weighted by molar-refractivity contribution is -0.119. The van der Waals surface area contributed by atoms with Gasteiger partial charge in [0.05, 0.1) is 6.42 Å². The van der Waals surface area contributed by atoms with Crippen molar-refractivity contribution in [2.24, 2.45) is 0 Å². The molecular weight excluding hydrogens is 162 g/mol. The lowest BCUT2D eigenvalue weighted by Crippen LogP contribution is -2.17. The van der Waals surface area contributed by atoms with Crippen LogP contribution in [-0.2, 0) is 4.79 Å². The normalized spacial score (nSPS) is 9.31. The molecule has 0 saturated carbocycles. The molecule has 0 aliphatic carbocycles. The van der Waals surface area contributed by atoms with Gasteiger partial charge in [-0.05, 0) is 5.57 Å². The topological polar surface area (TPSA) is 29.1 Å². The maximum atomic E-state index is 10.8. The zero-order valence-corrected chi connectivity index (χ0v) is 8.76. The van der Waals surface area contributed by atoms with Crippen LogP contribution in [0.3, 0.4) is 0 Å². The highest BCUT2D eigenvalue weighted by molar-refractivity contribution is 5.78. The Labute approximate surface area is 81.0 Å². The van der Waals surface area contributed by atoms with E-state index in [9.17, 15) is 4.79 Å². The number of hydrogen-bond acceptors (Lipinski definition) is 1. The van der Waals surface area contributed by atoms with Gasteiger partial charge in [0.2, 0.25) is 5.91 Å². The van der Waals surface area contributed by atoms with Gasteiger partial charge in [0.25, 0.3) is 0 Å². The zero-order valence-electron chi connectivity index (χ0n) is 8.76. The summed E-state index contributed by atoms with van der Waals surface area (Å²) in [5.74, 6) is -0.0157. The van der Waals surface area contributed by atoms with Gasteiger partial charge in [0, 0.05) is 7.05 Å². The molecule has 0 atom stereocenters. The van der Waals surface area contributed by atoms with Gasteiger partial charge < -0.3 is 5.32 Å². The number of rotatable bonds is 4. The van der Waals surface area contributed by atoms with E-state index in [2.05, 4.69) is 18.5 Å². The second-order valence-corrected chi connectivity index (χ2v) is 2.03. The molecule has 0 rings (SSSR count). The molecule has 0 bridgehead atoms. The lowest BCUT2D eigenvalue weighted by Gasteiger charge is -1.98. The SMILES string of the molecule is C=C/C=C(\C=C)CC(=O)NC.CC. The molecule has 0 aliphatic heterocycles. The van der Waals surface area contributed by atoms with E-state index < -0.39 is 0 Å². The fraction of sp³-hybridized carbons (Fsp3) is 0.364. The van der Waals surface area contributed by atoms with E-state index >= 15 is 0 Å². The van der Waals surface area contributed by atoms with Crippen molar-refractivity contribution in [3.63, 3.8) is 0 Å². The molecule has 0 aromatic rings. The maximum Gasteiger partial charge on any atom is 0.224 e. The molecule has 2 nitrogen and oxygen atoms in total. The summed E-state index contributed by atoms with van der Waals surface area (Å²) >= 11 is 0. The minimum absolute atomic E-state index is 0.0157. The fourth-order valence-electron chi connectivity index (χ4n) is 0.624. The third-order valence-electron chi connectivity index (χ3n) is 1.24. The summed E-state index contributed by atoms with van der Waals surface area (Å²) in [5.41, 5.74) is 0.874. The van der Waals surface area contributed by atoms with E-state index in [4.69, 9.17) is 0 Å². The summed E-state index contributed by atoms with van der Waals surface area (Å²) in [5, 5.41) is 2.53. The number of carbonyl (C=O) groups is 1. The molecule has 0 aliphatic rings. The molecule has 0 saturated heterocycles. The number of amides is 1. The van der Waals surface area contributed by atoms with Crippen LogP contribution in [0.1, 0.15) is 20.3 Å². The highest BCUT2D eigenvalue weighted by atomic mass is 16.1. The van der Waals surface area contributed by atoms with Crippen LogP contribution in [0.4, 0.5) is 0 Å². The van der Waals surface area contributed by atoms with Gasteiger partial charge in [-0.15, -0.1) is 0 Å². The smallest absolute Gasteiger partial charge is 0.224 e. The average Bonchev–Trinajstić information content (AvgIpc) is 2.20. The van der Waals surface area contributed by atoms with E-state index in [1.54, 1.807) is 25.3 Å². The molecule has 2 heteroatoms. The Morgan fingerprint density at radius 1 is 1.38 bits per heavy atom. The standard InChI is InChI=1S/C9H13NO.C2H6/c1-4-6-8(5-2)7-9(11)10-3;1-2/h4-6H,1-2,7H2,3H3,(H,10,11);1-2H3/b8-6+;. The van der Waals surface area contributed by atoms with Gasteiger partial charge >= 0.3 is 0 Å². The van der Waals surface area contributed by atoms with Crippen LogP contribution in [0.5, 0.6) is 0 Å². The fourth-order valence-corrected chi connectivity index (χ4v) is 0.624.